The number of amides is 1. The smallest absolute Gasteiger partial charge is 0.223 e. The van der Waals surface area contributed by atoms with Gasteiger partial charge in [0.2, 0.25) is 11.0 Å². The van der Waals surface area contributed by atoms with Crippen LogP contribution in [0.2, 0.25) is 0 Å². The normalized spacial score (nSPS) is 20.6. The van der Waals surface area contributed by atoms with Crippen LogP contribution in [0.4, 0.5) is 5.13 Å². The first kappa shape index (κ1) is 14.8. The maximum atomic E-state index is 12.2. The van der Waals surface area contributed by atoms with Crippen LogP contribution in [0.25, 0.3) is 0 Å². The quantitative estimate of drug-likeness (QED) is 0.928. The number of aromatic nitrogens is 2. The van der Waals surface area contributed by atoms with Crippen molar-refractivity contribution in [3.05, 3.63) is 5.01 Å². The maximum Gasteiger partial charge on any atom is 0.223 e. The van der Waals surface area contributed by atoms with E-state index >= 15 is 0 Å². The minimum atomic E-state index is 0.180. The summed E-state index contributed by atoms with van der Waals surface area (Å²) in [6.07, 6.45) is 5.43. The van der Waals surface area contributed by atoms with E-state index in [0.717, 1.165) is 48.9 Å². The molecule has 1 saturated carbocycles. The molecule has 5 nitrogen and oxygen atoms in total. The van der Waals surface area contributed by atoms with Crippen molar-refractivity contribution in [1.29, 1.82) is 0 Å². The van der Waals surface area contributed by atoms with Gasteiger partial charge in [-0.2, -0.15) is 0 Å². The topological polar surface area (TPSA) is 58.1 Å². The Morgan fingerprint density at radius 1 is 1.24 bits per heavy atom. The Bertz CT molecular complexity index is 490. The molecule has 1 amide bonds. The molecule has 0 radical (unpaired) electrons. The molecule has 1 aliphatic carbocycles. The van der Waals surface area contributed by atoms with Crippen LogP contribution >= 0.6 is 11.3 Å². The Labute approximate surface area is 130 Å². The molecule has 3 rings (SSSR count). The first-order valence-electron chi connectivity index (χ1n) is 8.02. The summed E-state index contributed by atoms with van der Waals surface area (Å²) in [6.45, 7) is 6.10. The minimum absolute atomic E-state index is 0.180. The molecule has 6 heteroatoms. The number of carbonyl (C=O) groups is 1. The molecule has 2 heterocycles. The summed E-state index contributed by atoms with van der Waals surface area (Å²) < 4.78 is 0. The second-order valence-corrected chi connectivity index (χ2v) is 7.46. The van der Waals surface area contributed by atoms with Crippen LogP contribution < -0.4 is 10.2 Å². The first-order valence-corrected chi connectivity index (χ1v) is 8.84. The Morgan fingerprint density at radius 3 is 2.48 bits per heavy atom. The second-order valence-electron chi connectivity index (χ2n) is 6.48. The lowest BCUT2D eigenvalue weighted by atomic mass is 9.90. The highest BCUT2D eigenvalue weighted by molar-refractivity contribution is 7.15. The molecule has 21 heavy (non-hydrogen) atoms. The van der Waals surface area contributed by atoms with E-state index in [2.05, 4.69) is 34.3 Å². The van der Waals surface area contributed by atoms with Gasteiger partial charge in [-0.25, -0.2) is 0 Å². The predicted octanol–water partition coefficient (Wildman–Crippen LogP) is 2.55. The lowest BCUT2D eigenvalue weighted by Gasteiger charge is -2.33. The average molecular weight is 308 g/mol. The van der Waals surface area contributed by atoms with Crippen LogP contribution in [0.5, 0.6) is 0 Å². The van der Waals surface area contributed by atoms with Crippen LogP contribution in [0.1, 0.15) is 56.9 Å². The molecule has 1 aliphatic heterocycles. The van der Waals surface area contributed by atoms with E-state index in [-0.39, 0.29) is 11.8 Å². The molecule has 1 N–H and O–H groups in total. The summed E-state index contributed by atoms with van der Waals surface area (Å²) >= 11 is 1.68. The van der Waals surface area contributed by atoms with E-state index in [4.69, 9.17) is 0 Å². The highest BCUT2D eigenvalue weighted by atomic mass is 32.1. The summed E-state index contributed by atoms with van der Waals surface area (Å²) in [5, 5.41) is 13.8. The SMILES string of the molecule is CC(C)c1nnc(N2CCC(C(=O)NC3CCC3)CC2)s1. The number of anilines is 1. The van der Waals surface area contributed by atoms with Crippen LogP contribution in [0.15, 0.2) is 0 Å². The van der Waals surface area contributed by atoms with Gasteiger partial charge in [0.25, 0.3) is 0 Å². The predicted molar refractivity (Wildman–Crippen MR) is 84.7 cm³/mol. The Kier molecular flexibility index (Phi) is 4.42. The van der Waals surface area contributed by atoms with Crippen molar-refractivity contribution in [2.24, 2.45) is 5.92 Å². The van der Waals surface area contributed by atoms with Gasteiger partial charge in [-0.1, -0.05) is 25.2 Å². The largest absolute Gasteiger partial charge is 0.353 e. The minimum Gasteiger partial charge on any atom is -0.353 e. The van der Waals surface area contributed by atoms with Gasteiger partial charge >= 0.3 is 0 Å². The highest BCUT2D eigenvalue weighted by Crippen LogP contribution is 2.29. The summed E-state index contributed by atoms with van der Waals surface area (Å²) in [5.41, 5.74) is 0. The van der Waals surface area contributed by atoms with Crippen molar-refractivity contribution >= 4 is 22.4 Å². The molecule has 2 aliphatic rings. The fourth-order valence-corrected chi connectivity index (χ4v) is 3.69. The fraction of sp³-hybridized carbons (Fsp3) is 0.800. The summed E-state index contributed by atoms with van der Waals surface area (Å²) in [6, 6.07) is 0.451. The molecule has 0 unspecified atom stereocenters. The van der Waals surface area contributed by atoms with Gasteiger partial charge < -0.3 is 10.2 Å². The van der Waals surface area contributed by atoms with Gasteiger partial charge in [0.05, 0.1) is 0 Å². The van der Waals surface area contributed by atoms with Gasteiger partial charge in [-0.15, -0.1) is 10.2 Å². The van der Waals surface area contributed by atoms with E-state index in [9.17, 15) is 4.79 Å². The van der Waals surface area contributed by atoms with Crippen LogP contribution in [0, 0.1) is 5.92 Å². The van der Waals surface area contributed by atoms with Crippen molar-refractivity contribution in [3.63, 3.8) is 0 Å². The number of hydrogen-bond donors (Lipinski definition) is 1. The third-order valence-corrected chi connectivity index (χ3v) is 5.80. The zero-order valence-electron chi connectivity index (χ0n) is 12.8. The Hall–Kier alpha value is -1.17. The fourth-order valence-electron chi connectivity index (χ4n) is 2.79. The number of nitrogens with zero attached hydrogens (tertiary/aromatic N) is 3. The summed E-state index contributed by atoms with van der Waals surface area (Å²) in [5.74, 6) is 0.876. The van der Waals surface area contributed by atoms with Gasteiger partial charge in [0.15, 0.2) is 0 Å². The van der Waals surface area contributed by atoms with Crippen molar-refractivity contribution in [1.82, 2.24) is 15.5 Å². The number of hydrogen-bond acceptors (Lipinski definition) is 5. The number of rotatable bonds is 4. The molecule has 2 fully saturated rings. The van der Waals surface area contributed by atoms with Crippen LogP contribution in [-0.2, 0) is 4.79 Å². The van der Waals surface area contributed by atoms with Crippen molar-refractivity contribution < 1.29 is 4.79 Å². The average Bonchev–Trinajstić information content (AvgIpc) is 2.93. The third kappa shape index (κ3) is 3.36. The molecule has 1 aromatic rings. The van der Waals surface area contributed by atoms with E-state index in [1.54, 1.807) is 11.3 Å². The van der Waals surface area contributed by atoms with Crippen LogP contribution in [0.3, 0.4) is 0 Å². The maximum absolute atomic E-state index is 12.2. The monoisotopic (exact) mass is 308 g/mol. The van der Waals surface area contributed by atoms with Crippen LogP contribution in [-0.4, -0.2) is 35.2 Å². The number of carbonyl (C=O) groups excluding carboxylic acids is 1. The molecule has 0 bridgehead atoms. The Balaban J connectivity index is 1.50. The zero-order chi connectivity index (χ0) is 14.8. The van der Waals surface area contributed by atoms with E-state index in [1.807, 2.05) is 0 Å². The third-order valence-electron chi connectivity index (χ3n) is 4.51. The van der Waals surface area contributed by atoms with E-state index in [0.29, 0.717) is 12.0 Å². The van der Waals surface area contributed by atoms with Gasteiger partial charge in [0.1, 0.15) is 5.01 Å². The van der Waals surface area contributed by atoms with Gasteiger partial charge in [-0.05, 0) is 32.1 Å². The van der Waals surface area contributed by atoms with Gasteiger partial charge in [-0.3, -0.25) is 4.79 Å². The van der Waals surface area contributed by atoms with Crippen molar-refractivity contribution in [2.45, 2.75) is 57.9 Å². The van der Waals surface area contributed by atoms with E-state index < -0.39 is 0 Å². The Morgan fingerprint density at radius 2 is 1.95 bits per heavy atom. The number of nitrogens with one attached hydrogen (secondary N) is 1. The molecular weight excluding hydrogens is 284 g/mol. The molecule has 1 aromatic heterocycles. The van der Waals surface area contributed by atoms with E-state index in [1.165, 1.54) is 6.42 Å². The van der Waals surface area contributed by atoms with Crippen molar-refractivity contribution in [2.75, 3.05) is 18.0 Å². The molecular formula is C15H24N4OS. The lowest BCUT2D eigenvalue weighted by molar-refractivity contribution is -0.126. The van der Waals surface area contributed by atoms with Gasteiger partial charge in [0, 0.05) is 31.0 Å². The molecule has 0 aromatic carbocycles. The zero-order valence-corrected chi connectivity index (χ0v) is 13.7. The molecule has 0 spiro atoms. The highest BCUT2D eigenvalue weighted by Gasteiger charge is 2.29. The standard InChI is InChI=1S/C15H24N4OS/c1-10(2)14-17-18-15(21-14)19-8-6-11(7-9-19)13(20)16-12-4-3-5-12/h10-12H,3-9H2,1-2H3,(H,16,20). The summed E-state index contributed by atoms with van der Waals surface area (Å²) in [4.78, 5) is 14.5. The molecule has 1 saturated heterocycles. The molecule has 0 atom stereocenters. The number of piperidine rings is 1. The first-order chi connectivity index (χ1) is 10.1. The summed E-state index contributed by atoms with van der Waals surface area (Å²) in [7, 11) is 0. The lowest BCUT2D eigenvalue weighted by Crippen LogP contribution is -2.46. The molecule has 116 valence electrons. The second kappa shape index (κ2) is 6.30. The van der Waals surface area contributed by atoms with Crippen molar-refractivity contribution in [3.8, 4) is 0 Å².